The molecule has 1 saturated heterocycles. The minimum Gasteiger partial charge on any atom is -0.497 e. The van der Waals surface area contributed by atoms with E-state index in [4.69, 9.17) is 4.74 Å². The fourth-order valence-electron chi connectivity index (χ4n) is 4.57. The van der Waals surface area contributed by atoms with Crippen LogP contribution in [0.25, 0.3) is 0 Å². The zero-order valence-corrected chi connectivity index (χ0v) is 16.8. The minimum absolute atomic E-state index is 0.0749. The highest BCUT2D eigenvalue weighted by molar-refractivity contribution is 5.82. The quantitative estimate of drug-likeness (QED) is 0.836. The van der Waals surface area contributed by atoms with Gasteiger partial charge in [-0.25, -0.2) is 4.98 Å². The van der Waals surface area contributed by atoms with Crippen LogP contribution in [0.4, 0.5) is 11.5 Å². The summed E-state index contributed by atoms with van der Waals surface area (Å²) in [4.78, 5) is 26.5. The molecule has 3 aliphatic rings. The largest absolute Gasteiger partial charge is 0.497 e. The molecule has 1 aromatic heterocycles. The number of aromatic nitrogens is 2. The third-order valence-electron chi connectivity index (χ3n) is 6.40. The number of nitrogens with zero attached hydrogens (tertiary/aromatic N) is 4. The predicted octanol–water partition coefficient (Wildman–Crippen LogP) is 1.88. The lowest BCUT2D eigenvalue weighted by Gasteiger charge is -2.49. The molecule has 2 atom stereocenters. The SMILES string of the molecule is COc1ccc2c(c1)N1CCN(c3cnccn3)C[C@H]1[C@H](C(=O)NCC1CC1)C2. The average molecular weight is 393 g/mol. The third kappa shape index (κ3) is 3.61. The maximum absolute atomic E-state index is 13.2. The molecule has 2 aliphatic heterocycles. The number of nitrogens with one attached hydrogen (secondary N) is 1. The first-order valence-electron chi connectivity index (χ1n) is 10.4. The number of anilines is 2. The van der Waals surface area contributed by atoms with Crippen molar-refractivity contribution in [2.45, 2.75) is 25.3 Å². The lowest BCUT2D eigenvalue weighted by atomic mass is 9.83. The van der Waals surface area contributed by atoms with Crippen molar-refractivity contribution in [1.82, 2.24) is 15.3 Å². The van der Waals surface area contributed by atoms with Crippen molar-refractivity contribution >= 4 is 17.4 Å². The molecule has 152 valence electrons. The van der Waals surface area contributed by atoms with E-state index in [-0.39, 0.29) is 17.9 Å². The molecule has 1 aromatic carbocycles. The molecule has 7 heteroatoms. The highest BCUT2D eigenvalue weighted by Gasteiger charge is 2.42. The molecule has 1 saturated carbocycles. The van der Waals surface area contributed by atoms with E-state index in [2.05, 4.69) is 37.2 Å². The molecule has 3 heterocycles. The van der Waals surface area contributed by atoms with Gasteiger partial charge in [0, 0.05) is 50.3 Å². The molecular weight excluding hydrogens is 366 g/mol. The number of rotatable bonds is 5. The summed E-state index contributed by atoms with van der Waals surface area (Å²) in [6.45, 7) is 3.26. The Bertz CT molecular complexity index is 886. The van der Waals surface area contributed by atoms with Crippen LogP contribution in [0.3, 0.4) is 0 Å². The standard InChI is InChI=1S/C22H27N5O2/c1-29-17-5-4-16-10-18(22(28)25-12-15-2-3-15)20-14-26(21-13-23-6-7-24-21)8-9-27(20)19(16)11-17/h4-7,11,13,15,18,20H,2-3,8-10,12,14H2,1H3,(H,25,28)/t18-,20+/m1/s1. The van der Waals surface area contributed by atoms with Crippen LogP contribution in [0.1, 0.15) is 18.4 Å². The second kappa shape index (κ2) is 7.54. The van der Waals surface area contributed by atoms with E-state index in [1.54, 1.807) is 25.7 Å². The number of amides is 1. The smallest absolute Gasteiger partial charge is 0.225 e. The van der Waals surface area contributed by atoms with Gasteiger partial charge in [0.25, 0.3) is 0 Å². The van der Waals surface area contributed by atoms with Crippen molar-refractivity contribution in [3.8, 4) is 5.75 Å². The van der Waals surface area contributed by atoms with Crippen LogP contribution in [0.15, 0.2) is 36.8 Å². The van der Waals surface area contributed by atoms with Gasteiger partial charge in [0.15, 0.2) is 0 Å². The predicted molar refractivity (Wildman–Crippen MR) is 111 cm³/mol. The summed E-state index contributed by atoms with van der Waals surface area (Å²) in [6, 6.07) is 6.32. The summed E-state index contributed by atoms with van der Waals surface area (Å²) in [5.74, 6) is 2.51. The van der Waals surface area contributed by atoms with Crippen LogP contribution in [-0.4, -0.2) is 55.2 Å². The molecule has 5 rings (SSSR count). The summed E-state index contributed by atoms with van der Waals surface area (Å²) >= 11 is 0. The van der Waals surface area contributed by atoms with Gasteiger partial charge in [-0.05, 0) is 36.8 Å². The summed E-state index contributed by atoms with van der Waals surface area (Å²) in [7, 11) is 1.70. The number of piperazine rings is 1. The molecule has 0 bridgehead atoms. The highest BCUT2D eigenvalue weighted by atomic mass is 16.5. The van der Waals surface area contributed by atoms with Gasteiger partial charge in [0.05, 0.1) is 25.3 Å². The van der Waals surface area contributed by atoms with Crippen molar-refractivity contribution in [3.63, 3.8) is 0 Å². The molecule has 0 spiro atoms. The Kier molecular flexibility index (Phi) is 4.73. The Labute approximate surface area is 171 Å². The monoisotopic (exact) mass is 393 g/mol. The van der Waals surface area contributed by atoms with Crippen molar-refractivity contribution in [2.24, 2.45) is 11.8 Å². The Balaban J connectivity index is 1.44. The van der Waals surface area contributed by atoms with Gasteiger partial charge in [0.1, 0.15) is 11.6 Å². The Hall–Kier alpha value is -2.83. The van der Waals surface area contributed by atoms with Crippen LogP contribution < -0.4 is 19.9 Å². The van der Waals surface area contributed by atoms with Crippen molar-refractivity contribution < 1.29 is 9.53 Å². The molecule has 1 amide bonds. The van der Waals surface area contributed by atoms with Crippen molar-refractivity contribution in [2.75, 3.05) is 43.1 Å². The second-order valence-electron chi connectivity index (χ2n) is 8.26. The second-order valence-corrected chi connectivity index (χ2v) is 8.26. The van der Waals surface area contributed by atoms with E-state index in [0.29, 0.717) is 5.92 Å². The first-order chi connectivity index (χ1) is 14.2. The van der Waals surface area contributed by atoms with Crippen LogP contribution in [0, 0.1) is 11.8 Å². The number of benzene rings is 1. The van der Waals surface area contributed by atoms with Gasteiger partial charge in [-0.2, -0.15) is 0 Å². The number of hydrogen-bond donors (Lipinski definition) is 1. The van der Waals surface area contributed by atoms with Crippen LogP contribution in [0.2, 0.25) is 0 Å². The summed E-state index contributed by atoms with van der Waals surface area (Å²) in [5, 5.41) is 3.22. The number of ether oxygens (including phenoxy) is 1. The Morgan fingerprint density at radius 1 is 1.28 bits per heavy atom. The molecule has 1 N–H and O–H groups in total. The number of fused-ring (bicyclic) bond motifs is 3. The number of hydrogen-bond acceptors (Lipinski definition) is 6. The lowest BCUT2D eigenvalue weighted by molar-refractivity contribution is -0.125. The minimum atomic E-state index is -0.0749. The summed E-state index contributed by atoms with van der Waals surface area (Å²) < 4.78 is 5.46. The van der Waals surface area contributed by atoms with Crippen LogP contribution in [0.5, 0.6) is 5.75 Å². The molecule has 2 aromatic rings. The first-order valence-corrected chi connectivity index (χ1v) is 10.4. The Morgan fingerprint density at radius 2 is 2.17 bits per heavy atom. The van der Waals surface area contributed by atoms with Gasteiger partial charge in [-0.15, -0.1) is 0 Å². The zero-order chi connectivity index (χ0) is 19.8. The van der Waals surface area contributed by atoms with Crippen molar-refractivity contribution in [1.29, 1.82) is 0 Å². The topological polar surface area (TPSA) is 70.6 Å². The first kappa shape index (κ1) is 18.2. The fourth-order valence-corrected chi connectivity index (χ4v) is 4.57. The highest BCUT2D eigenvalue weighted by Crippen LogP contribution is 2.39. The Morgan fingerprint density at radius 3 is 2.93 bits per heavy atom. The van der Waals surface area contributed by atoms with Gasteiger partial charge >= 0.3 is 0 Å². The van der Waals surface area contributed by atoms with E-state index in [0.717, 1.165) is 44.2 Å². The van der Waals surface area contributed by atoms with Gasteiger partial charge in [-0.3, -0.25) is 9.78 Å². The summed E-state index contributed by atoms with van der Waals surface area (Å²) in [5.41, 5.74) is 2.42. The van der Waals surface area contributed by atoms with E-state index >= 15 is 0 Å². The molecule has 0 radical (unpaired) electrons. The molecule has 0 unspecified atom stereocenters. The van der Waals surface area contributed by atoms with E-state index in [9.17, 15) is 4.79 Å². The normalized spacial score (nSPS) is 23.2. The average Bonchev–Trinajstić information content (AvgIpc) is 3.61. The van der Waals surface area contributed by atoms with Gasteiger partial charge < -0.3 is 19.9 Å². The van der Waals surface area contributed by atoms with E-state index < -0.39 is 0 Å². The van der Waals surface area contributed by atoms with Crippen molar-refractivity contribution in [3.05, 3.63) is 42.4 Å². The fraction of sp³-hybridized carbons (Fsp3) is 0.500. The molecule has 2 fully saturated rings. The molecule has 7 nitrogen and oxygen atoms in total. The van der Waals surface area contributed by atoms with E-state index in [1.807, 2.05) is 6.07 Å². The van der Waals surface area contributed by atoms with Crippen LogP contribution >= 0.6 is 0 Å². The lowest BCUT2D eigenvalue weighted by Crippen LogP contribution is -2.61. The maximum Gasteiger partial charge on any atom is 0.225 e. The van der Waals surface area contributed by atoms with E-state index in [1.165, 1.54) is 24.1 Å². The number of carbonyl (C=O) groups excluding carboxylic acids is 1. The number of methoxy groups -OCH3 is 1. The van der Waals surface area contributed by atoms with Crippen LogP contribution in [-0.2, 0) is 11.2 Å². The maximum atomic E-state index is 13.2. The van der Waals surface area contributed by atoms with Gasteiger partial charge in [-0.1, -0.05) is 6.07 Å². The molecule has 1 aliphatic carbocycles. The number of carbonyl (C=O) groups is 1. The molecular formula is C22H27N5O2. The summed E-state index contributed by atoms with van der Waals surface area (Å²) in [6.07, 6.45) is 8.45. The molecule has 29 heavy (non-hydrogen) atoms. The van der Waals surface area contributed by atoms with Gasteiger partial charge in [0.2, 0.25) is 5.91 Å². The zero-order valence-electron chi connectivity index (χ0n) is 16.8. The third-order valence-corrected chi connectivity index (χ3v) is 6.40.